The first-order chi connectivity index (χ1) is 9.10. The molecule has 106 valence electrons. The van der Waals surface area contributed by atoms with E-state index in [1.165, 1.54) is 31.2 Å². The summed E-state index contributed by atoms with van der Waals surface area (Å²) in [7, 11) is 1.70. The molecule has 2 N–H and O–H groups in total. The van der Waals surface area contributed by atoms with Crippen LogP contribution in [0.25, 0.3) is 0 Å². The molecule has 0 aromatic heterocycles. The van der Waals surface area contributed by atoms with Crippen LogP contribution in [-0.2, 0) is 6.42 Å². The number of nitrogens with two attached hydrogens (primary N) is 1. The average Bonchev–Trinajstić information content (AvgIpc) is 2.41. The van der Waals surface area contributed by atoms with Gasteiger partial charge in [0, 0.05) is 10.5 Å². The fourth-order valence-electron chi connectivity index (χ4n) is 3.13. The molecule has 0 radical (unpaired) electrons. The molecule has 1 aromatic carbocycles. The fourth-order valence-corrected chi connectivity index (χ4v) is 3.53. The maximum atomic E-state index is 6.44. The Labute approximate surface area is 124 Å². The van der Waals surface area contributed by atoms with Gasteiger partial charge in [-0.1, -0.05) is 35.7 Å². The lowest BCUT2D eigenvalue weighted by atomic mass is 9.77. The van der Waals surface area contributed by atoms with Gasteiger partial charge in [-0.2, -0.15) is 0 Å². The SMILES string of the molecule is COc1ccc(Br)c(CC(N)C2CCCC(C)C2)c1. The highest BCUT2D eigenvalue weighted by Crippen LogP contribution is 2.32. The van der Waals surface area contributed by atoms with Crippen LogP contribution in [0, 0.1) is 11.8 Å². The van der Waals surface area contributed by atoms with Gasteiger partial charge in [-0.25, -0.2) is 0 Å². The summed E-state index contributed by atoms with van der Waals surface area (Å²) in [5, 5.41) is 0. The van der Waals surface area contributed by atoms with Gasteiger partial charge >= 0.3 is 0 Å². The molecule has 1 aromatic rings. The molecule has 0 spiro atoms. The van der Waals surface area contributed by atoms with Gasteiger partial charge in [-0.15, -0.1) is 0 Å². The fraction of sp³-hybridized carbons (Fsp3) is 0.625. The third kappa shape index (κ3) is 3.96. The lowest BCUT2D eigenvalue weighted by Crippen LogP contribution is -2.35. The van der Waals surface area contributed by atoms with E-state index in [-0.39, 0.29) is 6.04 Å². The van der Waals surface area contributed by atoms with E-state index in [1.807, 2.05) is 12.1 Å². The highest BCUT2D eigenvalue weighted by atomic mass is 79.9. The second-order valence-electron chi connectivity index (χ2n) is 5.86. The molecule has 1 aliphatic carbocycles. The molecule has 1 fully saturated rings. The average molecular weight is 326 g/mol. The molecule has 3 unspecified atom stereocenters. The summed E-state index contributed by atoms with van der Waals surface area (Å²) in [5.74, 6) is 2.41. The highest BCUT2D eigenvalue weighted by molar-refractivity contribution is 9.10. The largest absolute Gasteiger partial charge is 0.497 e. The van der Waals surface area contributed by atoms with Crippen LogP contribution in [-0.4, -0.2) is 13.2 Å². The number of benzene rings is 1. The highest BCUT2D eigenvalue weighted by Gasteiger charge is 2.24. The first-order valence-corrected chi connectivity index (χ1v) is 7.97. The second kappa shape index (κ2) is 6.76. The molecule has 1 saturated carbocycles. The van der Waals surface area contributed by atoms with Gasteiger partial charge in [0.05, 0.1) is 7.11 Å². The van der Waals surface area contributed by atoms with Gasteiger partial charge in [-0.3, -0.25) is 0 Å². The zero-order valence-electron chi connectivity index (χ0n) is 11.9. The monoisotopic (exact) mass is 325 g/mol. The first kappa shape index (κ1) is 14.9. The van der Waals surface area contributed by atoms with Crippen molar-refractivity contribution < 1.29 is 4.74 Å². The van der Waals surface area contributed by atoms with E-state index >= 15 is 0 Å². The molecular formula is C16H24BrNO. The third-order valence-electron chi connectivity index (χ3n) is 4.29. The maximum Gasteiger partial charge on any atom is 0.119 e. The Balaban J connectivity index is 2.03. The molecule has 0 saturated heterocycles. The smallest absolute Gasteiger partial charge is 0.119 e. The molecule has 3 atom stereocenters. The van der Waals surface area contributed by atoms with E-state index in [1.54, 1.807) is 7.11 Å². The minimum absolute atomic E-state index is 0.256. The van der Waals surface area contributed by atoms with E-state index in [0.29, 0.717) is 5.92 Å². The van der Waals surface area contributed by atoms with Gasteiger partial charge in [0.1, 0.15) is 5.75 Å². The van der Waals surface area contributed by atoms with Crippen molar-refractivity contribution in [3.05, 3.63) is 28.2 Å². The van der Waals surface area contributed by atoms with Crippen LogP contribution >= 0.6 is 15.9 Å². The lowest BCUT2D eigenvalue weighted by molar-refractivity contribution is 0.245. The molecule has 2 nitrogen and oxygen atoms in total. The van der Waals surface area contributed by atoms with E-state index in [9.17, 15) is 0 Å². The molecule has 19 heavy (non-hydrogen) atoms. The van der Waals surface area contributed by atoms with Gasteiger partial charge in [0.25, 0.3) is 0 Å². The van der Waals surface area contributed by atoms with E-state index in [4.69, 9.17) is 10.5 Å². The summed E-state index contributed by atoms with van der Waals surface area (Å²) >= 11 is 3.61. The summed E-state index contributed by atoms with van der Waals surface area (Å²) in [4.78, 5) is 0. The standard InChI is InChI=1S/C16H24BrNO/c1-11-4-3-5-12(8-11)16(18)10-13-9-14(19-2)6-7-15(13)17/h6-7,9,11-12,16H,3-5,8,10,18H2,1-2H3. The van der Waals surface area contributed by atoms with Crippen LogP contribution in [0.4, 0.5) is 0 Å². The van der Waals surface area contributed by atoms with Crippen LogP contribution in [0.15, 0.2) is 22.7 Å². The molecule has 0 amide bonds. The minimum Gasteiger partial charge on any atom is -0.497 e. The van der Waals surface area contributed by atoms with Gasteiger partial charge < -0.3 is 10.5 Å². The third-order valence-corrected chi connectivity index (χ3v) is 5.06. The number of ether oxygens (including phenoxy) is 1. The van der Waals surface area contributed by atoms with Crippen molar-refractivity contribution in [2.75, 3.05) is 7.11 Å². The van der Waals surface area contributed by atoms with Crippen LogP contribution in [0.1, 0.15) is 38.2 Å². The van der Waals surface area contributed by atoms with Crippen molar-refractivity contribution in [2.24, 2.45) is 17.6 Å². The van der Waals surface area contributed by atoms with Gasteiger partial charge in [0.15, 0.2) is 0 Å². The first-order valence-electron chi connectivity index (χ1n) is 7.18. The Kier molecular flexibility index (Phi) is 5.28. The Hall–Kier alpha value is -0.540. The molecule has 3 heteroatoms. The Morgan fingerprint density at radius 2 is 2.21 bits per heavy atom. The van der Waals surface area contributed by atoms with Gasteiger partial charge in [-0.05, 0) is 54.9 Å². The Morgan fingerprint density at radius 3 is 2.89 bits per heavy atom. The van der Waals surface area contributed by atoms with Gasteiger partial charge in [0.2, 0.25) is 0 Å². The molecule has 0 heterocycles. The second-order valence-corrected chi connectivity index (χ2v) is 6.71. The summed E-state index contributed by atoms with van der Waals surface area (Å²) < 4.78 is 6.42. The van der Waals surface area contributed by atoms with Crippen molar-refractivity contribution in [2.45, 2.75) is 45.1 Å². The molecule has 1 aliphatic rings. The van der Waals surface area contributed by atoms with E-state index < -0.39 is 0 Å². The van der Waals surface area contributed by atoms with Crippen molar-refractivity contribution in [1.29, 1.82) is 0 Å². The number of hydrogen-bond acceptors (Lipinski definition) is 2. The van der Waals surface area contributed by atoms with Crippen molar-refractivity contribution in [1.82, 2.24) is 0 Å². The van der Waals surface area contributed by atoms with Crippen molar-refractivity contribution >= 4 is 15.9 Å². The number of rotatable bonds is 4. The van der Waals surface area contributed by atoms with Crippen LogP contribution in [0.2, 0.25) is 0 Å². The summed E-state index contributed by atoms with van der Waals surface area (Å²) in [6.07, 6.45) is 6.19. The number of methoxy groups -OCH3 is 1. The summed E-state index contributed by atoms with van der Waals surface area (Å²) in [6, 6.07) is 6.37. The van der Waals surface area contributed by atoms with Crippen LogP contribution in [0.3, 0.4) is 0 Å². The van der Waals surface area contributed by atoms with Crippen molar-refractivity contribution in [3.63, 3.8) is 0 Å². The lowest BCUT2D eigenvalue weighted by Gasteiger charge is -2.31. The van der Waals surface area contributed by atoms with Crippen LogP contribution < -0.4 is 10.5 Å². The number of hydrogen-bond donors (Lipinski definition) is 1. The topological polar surface area (TPSA) is 35.2 Å². The normalized spacial score (nSPS) is 25.1. The molecule has 0 aliphatic heterocycles. The maximum absolute atomic E-state index is 6.44. The zero-order valence-corrected chi connectivity index (χ0v) is 13.4. The van der Waals surface area contributed by atoms with Crippen molar-refractivity contribution in [3.8, 4) is 5.75 Å². The zero-order chi connectivity index (χ0) is 13.8. The predicted molar refractivity (Wildman–Crippen MR) is 83.5 cm³/mol. The van der Waals surface area contributed by atoms with E-state index in [2.05, 4.69) is 28.9 Å². The van der Waals surface area contributed by atoms with E-state index in [0.717, 1.165) is 22.6 Å². The van der Waals surface area contributed by atoms with Crippen LogP contribution in [0.5, 0.6) is 5.75 Å². The summed E-state index contributed by atoms with van der Waals surface area (Å²) in [5.41, 5.74) is 7.70. The minimum atomic E-state index is 0.256. The predicted octanol–water partition coefficient (Wildman–Crippen LogP) is 4.15. The molecular weight excluding hydrogens is 302 g/mol. The molecule has 0 bridgehead atoms. The summed E-state index contributed by atoms with van der Waals surface area (Å²) in [6.45, 7) is 2.35. The quantitative estimate of drug-likeness (QED) is 0.902. The number of halogens is 1. The Morgan fingerprint density at radius 1 is 1.42 bits per heavy atom. The molecule has 2 rings (SSSR count). The Bertz CT molecular complexity index is 421.